The number of carbonyl (C=O) groups excluding carboxylic acids is 1. The van der Waals surface area contributed by atoms with E-state index in [1.54, 1.807) is 26.1 Å². The summed E-state index contributed by atoms with van der Waals surface area (Å²) in [6.07, 6.45) is 0. The van der Waals surface area contributed by atoms with Crippen molar-refractivity contribution in [2.45, 2.75) is 32.2 Å². The Bertz CT molecular complexity index is 1480. The molecular weight excluding hydrogens is 485 g/mol. The minimum absolute atomic E-state index is 0.0783. The van der Waals surface area contributed by atoms with E-state index in [9.17, 15) is 9.59 Å². The number of carbonyl (C=O) groups is 1. The number of para-hydroxylation sites is 2. The quantitative estimate of drug-likeness (QED) is 0.504. The van der Waals surface area contributed by atoms with Gasteiger partial charge in [-0.15, -0.1) is 11.3 Å². The maximum absolute atomic E-state index is 13.7. The fourth-order valence-electron chi connectivity index (χ4n) is 4.34. The maximum Gasteiger partial charge on any atom is 0.280 e. The second-order valence-electron chi connectivity index (χ2n) is 7.76. The summed E-state index contributed by atoms with van der Waals surface area (Å²) in [4.78, 5) is 34.0. The van der Waals surface area contributed by atoms with E-state index in [4.69, 9.17) is 12.2 Å². The zero-order valence-electron chi connectivity index (χ0n) is 19.1. The maximum atomic E-state index is 13.7. The van der Waals surface area contributed by atoms with Crippen molar-refractivity contribution in [2.24, 2.45) is 0 Å². The first kappa shape index (κ1) is 22.9. The molecule has 2 aromatic carbocycles. The lowest BCUT2D eigenvalue weighted by Gasteiger charge is -2.19. The number of hydrogen-bond donors (Lipinski definition) is 0. The Morgan fingerprint density at radius 1 is 0.853 bits per heavy atom. The first-order valence-corrected chi connectivity index (χ1v) is 13.3. The van der Waals surface area contributed by atoms with Gasteiger partial charge in [-0.25, -0.2) is 0 Å². The Morgan fingerprint density at radius 2 is 1.53 bits per heavy atom. The van der Waals surface area contributed by atoms with E-state index in [0.717, 1.165) is 27.8 Å². The predicted molar refractivity (Wildman–Crippen MR) is 145 cm³/mol. The minimum Gasteiger partial charge on any atom is -0.334 e. The van der Waals surface area contributed by atoms with Crippen LogP contribution in [0.15, 0.2) is 64.3 Å². The molecule has 0 bridgehead atoms. The fourth-order valence-corrected chi connectivity index (χ4v) is 7.34. The van der Waals surface area contributed by atoms with Gasteiger partial charge in [-0.1, -0.05) is 42.1 Å². The second-order valence-corrected chi connectivity index (χ2v) is 10.2. The minimum atomic E-state index is -0.175. The van der Waals surface area contributed by atoms with Gasteiger partial charge < -0.3 is 4.90 Å². The van der Waals surface area contributed by atoms with E-state index in [-0.39, 0.29) is 11.5 Å². The number of nitrogens with zero attached hydrogens (tertiary/aromatic N) is 4. The lowest BCUT2D eigenvalue weighted by Crippen LogP contribution is -2.36. The summed E-state index contributed by atoms with van der Waals surface area (Å²) in [5, 5.41) is 1.35. The number of anilines is 2. The van der Waals surface area contributed by atoms with Gasteiger partial charge in [0.05, 0.1) is 5.69 Å². The Morgan fingerprint density at radius 3 is 2.21 bits per heavy atom. The van der Waals surface area contributed by atoms with E-state index in [1.807, 2.05) is 56.3 Å². The molecule has 0 aliphatic carbocycles. The number of likely N-dealkylation sites (N-methyl/N-ethyl adjacent to an activating group) is 1. The first-order valence-electron chi connectivity index (χ1n) is 11.2. The van der Waals surface area contributed by atoms with Crippen molar-refractivity contribution in [3.8, 4) is 0 Å². The van der Waals surface area contributed by atoms with Gasteiger partial charge in [0.15, 0.2) is 5.11 Å². The van der Waals surface area contributed by atoms with Crippen LogP contribution in [0, 0.1) is 0 Å². The van der Waals surface area contributed by atoms with Crippen LogP contribution in [0.2, 0.25) is 0 Å². The van der Waals surface area contributed by atoms with E-state index in [0.29, 0.717) is 33.1 Å². The van der Waals surface area contributed by atoms with Gasteiger partial charge in [-0.05, 0) is 57.3 Å². The number of rotatable bonds is 4. The van der Waals surface area contributed by atoms with Gasteiger partial charge >= 0.3 is 0 Å². The number of aromatic nitrogens is 1. The molecule has 1 aromatic heterocycles. The van der Waals surface area contributed by atoms with Crippen molar-refractivity contribution in [3.63, 3.8) is 0 Å². The monoisotopic (exact) mass is 508 g/mol. The number of fused-ring (bicyclic) bond motifs is 1. The lowest BCUT2D eigenvalue weighted by atomic mass is 10.3. The van der Waals surface area contributed by atoms with Crippen molar-refractivity contribution in [1.82, 2.24) is 9.47 Å². The molecule has 3 heterocycles. The normalized spacial score (nSPS) is 18.9. The lowest BCUT2D eigenvalue weighted by molar-refractivity contribution is -0.120. The molecule has 0 atom stereocenters. The summed E-state index contributed by atoms with van der Waals surface area (Å²) in [6.45, 7) is 7.59. The standard InChI is InChI=1S/C25H24N4O2S3/c1-4-26-17-14-10-11-15-18(17)33-24(26)20-22(31)27(5-2)23(34-20)19-21(30)28(6-3)25(32)29(19)16-12-8-7-9-13-16/h7-15H,4-6H2,1-3H3. The van der Waals surface area contributed by atoms with Gasteiger partial charge in [0.2, 0.25) is 0 Å². The highest BCUT2D eigenvalue weighted by atomic mass is 32.2. The molecule has 1 fully saturated rings. The molecule has 1 saturated heterocycles. The highest BCUT2D eigenvalue weighted by Gasteiger charge is 2.40. The van der Waals surface area contributed by atoms with Crippen LogP contribution in [0.1, 0.15) is 20.8 Å². The van der Waals surface area contributed by atoms with E-state index < -0.39 is 0 Å². The Labute approximate surface area is 211 Å². The third-order valence-electron chi connectivity index (χ3n) is 5.94. The highest BCUT2D eigenvalue weighted by Crippen LogP contribution is 2.45. The van der Waals surface area contributed by atoms with Crippen LogP contribution in [-0.2, 0) is 11.3 Å². The summed E-state index contributed by atoms with van der Waals surface area (Å²) in [5.74, 6) is -0.175. The molecule has 0 saturated carbocycles. The number of hydrogen-bond acceptors (Lipinski definition) is 6. The van der Waals surface area contributed by atoms with Crippen molar-refractivity contribution in [1.29, 1.82) is 0 Å². The summed E-state index contributed by atoms with van der Waals surface area (Å²) in [6, 6.07) is 17.8. The molecule has 0 radical (unpaired) electrons. The van der Waals surface area contributed by atoms with Crippen LogP contribution in [0.3, 0.4) is 0 Å². The summed E-state index contributed by atoms with van der Waals surface area (Å²) in [5.41, 5.74) is 2.28. The predicted octanol–water partition coefficient (Wildman–Crippen LogP) is 3.39. The molecule has 0 N–H and O–H groups in total. The van der Waals surface area contributed by atoms with E-state index in [2.05, 4.69) is 24.0 Å². The number of thioether (sulfide) groups is 1. The van der Waals surface area contributed by atoms with Crippen molar-refractivity contribution < 1.29 is 4.79 Å². The van der Waals surface area contributed by atoms with Crippen LogP contribution in [-0.4, -0.2) is 33.6 Å². The molecule has 0 unspecified atom stereocenters. The Hall–Kier alpha value is -2.88. The van der Waals surface area contributed by atoms with Gasteiger partial charge in [0.1, 0.15) is 19.9 Å². The number of benzene rings is 2. The second kappa shape index (κ2) is 9.05. The van der Waals surface area contributed by atoms with Crippen LogP contribution in [0.4, 0.5) is 11.4 Å². The number of thiazole rings is 1. The van der Waals surface area contributed by atoms with Crippen LogP contribution >= 0.6 is 35.3 Å². The molecular formula is C25H24N4O2S3. The summed E-state index contributed by atoms with van der Waals surface area (Å²) < 4.78 is 2.99. The SMILES string of the molecule is CCN1C(=O)C(=c2sc(=C3Sc4ccccc4N3CC)c(=O)n2CC)N(c2ccccc2)C1=S. The summed E-state index contributed by atoms with van der Waals surface area (Å²) in [7, 11) is 0. The van der Waals surface area contributed by atoms with Gasteiger partial charge in [0.25, 0.3) is 11.5 Å². The van der Waals surface area contributed by atoms with Crippen molar-refractivity contribution in [2.75, 3.05) is 22.9 Å². The van der Waals surface area contributed by atoms with Crippen LogP contribution in [0.5, 0.6) is 0 Å². The summed E-state index contributed by atoms with van der Waals surface area (Å²) >= 11 is 8.71. The zero-order valence-corrected chi connectivity index (χ0v) is 21.6. The molecule has 34 heavy (non-hydrogen) atoms. The van der Waals surface area contributed by atoms with Gasteiger partial charge in [-0.3, -0.25) is 24.0 Å². The highest BCUT2D eigenvalue weighted by molar-refractivity contribution is 8.08. The molecule has 6 nitrogen and oxygen atoms in total. The first-order chi connectivity index (χ1) is 16.5. The Kier molecular flexibility index (Phi) is 6.09. The largest absolute Gasteiger partial charge is 0.334 e. The molecule has 2 aliphatic heterocycles. The molecule has 5 rings (SSSR count). The Balaban J connectivity index is 1.83. The van der Waals surface area contributed by atoms with Crippen molar-refractivity contribution in [3.05, 3.63) is 74.1 Å². The number of thiocarbonyl (C=S) groups is 1. The average molecular weight is 509 g/mol. The van der Waals surface area contributed by atoms with Gasteiger partial charge in [-0.2, -0.15) is 0 Å². The zero-order chi connectivity index (χ0) is 24.0. The molecule has 1 amide bonds. The molecule has 9 heteroatoms. The van der Waals surface area contributed by atoms with E-state index >= 15 is 0 Å². The fraction of sp³-hybridized carbons (Fsp3) is 0.240. The molecule has 2 aliphatic rings. The third kappa shape index (κ3) is 3.41. The molecule has 0 spiro atoms. The molecule has 174 valence electrons. The third-order valence-corrected chi connectivity index (χ3v) is 8.84. The topological polar surface area (TPSA) is 48.8 Å². The van der Waals surface area contributed by atoms with Gasteiger partial charge in [0, 0.05) is 30.2 Å². The van der Waals surface area contributed by atoms with Crippen LogP contribution in [0.25, 0.3) is 10.7 Å². The van der Waals surface area contributed by atoms with E-state index in [1.165, 1.54) is 11.3 Å². The smallest absolute Gasteiger partial charge is 0.280 e. The molecule has 3 aromatic rings. The van der Waals surface area contributed by atoms with Crippen LogP contribution < -0.4 is 24.6 Å². The average Bonchev–Trinajstić information content (AvgIpc) is 3.47. The number of amides is 1. The van der Waals surface area contributed by atoms with Crippen molar-refractivity contribution >= 4 is 68.4 Å².